The van der Waals surface area contributed by atoms with E-state index in [1.165, 1.54) is 0 Å². The molecule has 0 radical (unpaired) electrons. The van der Waals surface area contributed by atoms with Crippen molar-refractivity contribution in [1.82, 2.24) is 0 Å². The van der Waals surface area contributed by atoms with Gasteiger partial charge in [-0.2, -0.15) is 0 Å². The van der Waals surface area contributed by atoms with Crippen LogP contribution in [0.2, 0.25) is 0 Å². The molecule has 0 aromatic carbocycles. The molecule has 106 valence electrons. The minimum Gasteiger partial charge on any atom is -0.710 e. The van der Waals surface area contributed by atoms with Crippen LogP contribution < -0.4 is 15.4 Å². The van der Waals surface area contributed by atoms with E-state index in [1.54, 1.807) is 6.07 Å². The van der Waals surface area contributed by atoms with Crippen LogP contribution in [0, 0.1) is 5.21 Å². The Hall–Kier alpha value is -1.49. The van der Waals surface area contributed by atoms with E-state index in [-0.39, 0.29) is 5.82 Å². The van der Waals surface area contributed by atoms with E-state index in [9.17, 15) is 5.21 Å². The average Bonchev–Trinajstić information content (AvgIpc) is 2.44. The molecule has 5 heteroatoms. The SMILES string of the molecule is CCCCCc1cc(N2CCOCC2)cc(N)[n+]1[O-]. The lowest BCUT2D eigenvalue weighted by atomic mass is 10.1. The van der Waals surface area contributed by atoms with E-state index in [4.69, 9.17) is 10.5 Å². The normalized spacial score (nSPS) is 15.7. The summed E-state index contributed by atoms with van der Waals surface area (Å²) in [6.45, 7) is 5.34. The van der Waals surface area contributed by atoms with E-state index in [1.807, 2.05) is 6.07 Å². The van der Waals surface area contributed by atoms with Gasteiger partial charge in [-0.25, -0.2) is 4.73 Å². The number of aryl methyl sites for hydroxylation is 1. The number of anilines is 2. The van der Waals surface area contributed by atoms with Crippen LogP contribution in [0.25, 0.3) is 0 Å². The molecule has 1 aromatic rings. The quantitative estimate of drug-likeness (QED) is 0.497. The number of rotatable bonds is 5. The predicted octanol–water partition coefficient (Wildman–Crippen LogP) is 1.47. The van der Waals surface area contributed by atoms with Gasteiger partial charge in [0.05, 0.1) is 19.3 Å². The summed E-state index contributed by atoms with van der Waals surface area (Å²) in [5, 5.41) is 11.9. The van der Waals surface area contributed by atoms with E-state index in [2.05, 4.69) is 11.8 Å². The van der Waals surface area contributed by atoms with Crippen LogP contribution >= 0.6 is 0 Å². The van der Waals surface area contributed by atoms with Crippen molar-refractivity contribution < 1.29 is 9.47 Å². The lowest BCUT2D eigenvalue weighted by Gasteiger charge is -2.29. The Morgan fingerprint density at radius 1 is 1.32 bits per heavy atom. The number of nitrogen functional groups attached to an aromatic ring is 1. The van der Waals surface area contributed by atoms with Gasteiger partial charge < -0.3 is 14.8 Å². The predicted molar refractivity (Wildman–Crippen MR) is 76.1 cm³/mol. The van der Waals surface area contributed by atoms with E-state index in [0.717, 1.165) is 68.1 Å². The van der Waals surface area contributed by atoms with Gasteiger partial charge in [0.1, 0.15) is 5.69 Å². The Morgan fingerprint density at radius 3 is 2.74 bits per heavy atom. The van der Waals surface area contributed by atoms with Crippen LogP contribution in [-0.4, -0.2) is 26.3 Å². The number of aromatic nitrogens is 1. The molecule has 2 rings (SSSR count). The lowest BCUT2D eigenvalue weighted by molar-refractivity contribution is -0.598. The fourth-order valence-electron chi connectivity index (χ4n) is 2.38. The van der Waals surface area contributed by atoms with Crippen LogP contribution in [0.1, 0.15) is 31.9 Å². The molecule has 0 spiro atoms. The third kappa shape index (κ3) is 3.50. The highest BCUT2D eigenvalue weighted by atomic mass is 16.5. The van der Waals surface area contributed by atoms with E-state index in [0.29, 0.717) is 0 Å². The largest absolute Gasteiger partial charge is 0.710 e. The zero-order valence-corrected chi connectivity index (χ0v) is 11.6. The van der Waals surface area contributed by atoms with E-state index >= 15 is 0 Å². The van der Waals surface area contributed by atoms with Crippen molar-refractivity contribution in [1.29, 1.82) is 0 Å². The molecule has 1 fully saturated rings. The van der Waals surface area contributed by atoms with Crippen molar-refractivity contribution in [2.24, 2.45) is 0 Å². The molecule has 0 bridgehead atoms. The van der Waals surface area contributed by atoms with Crippen LogP contribution in [0.15, 0.2) is 12.1 Å². The Kier molecular flexibility index (Phi) is 4.85. The van der Waals surface area contributed by atoms with Crippen molar-refractivity contribution in [3.05, 3.63) is 23.0 Å². The van der Waals surface area contributed by atoms with Gasteiger partial charge in [-0.3, -0.25) is 5.73 Å². The first-order valence-corrected chi connectivity index (χ1v) is 7.07. The third-order valence-electron chi connectivity index (χ3n) is 3.52. The Balaban J connectivity index is 2.15. The lowest BCUT2D eigenvalue weighted by Crippen LogP contribution is -2.39. The number of hydrogen-bond donors (Lipinski definition) is 1. The molecule has 5 nitrogen and oxygen atoms in total. The topological polar surface area (TPSA) is 65.4 Å². The summed E-state index contributed by atoms with van der Waals surface area (Å²) in [5.74, 6) is 0.287. The molecule has 0 amide bonds. The number of nitrogens with two attached hydrogens (primary N) is 1. The first kappa shape index (κ1) is 13.9. The second-order valence-electron chi connectivity index (χ2n) is 4.98. The monoisotopic (exact) mass is 265 g/mol. The molecule has 0 unspecified atom stereocenters. The van der Waals surface area contributed by atoms with Crippen LogP contribution in [0.5, 0.6) is 0 Å². The van der Waals surface area contributed by atoms with Crippen molar-refractivity contribution in [2.45, 2.75) is 32.6 Å². The molecule has 2 heterocycles. The second-order valence-corrected chi connectivity index (χ2v) is 4.98. The molecule has 1 aliphatic rings. The fraction of sp³-hybridized carbons (Fsp3) is 0.643. The van der Waals surface area contributed by atoms with Gasteiger partial charge in [0.15, 0.2) is 0 Å². The van der Waals surface area contributed by atoms with Crippen molar-refractivity contribution >= 4 is 11.5 Å². The Labute approximate surface area is 114 Å². The minimum atomic E-state index is 0.287. The first-order valence-electron chi connectivity index (χ1n) is 7.07. The molecule has 19 heavy (non-hydrogen) atoms. The van der Waals surface area contributed by atoms with Crippen LogP contribution in [-0.2, 0) is 11.2 Å². The highest BCUT2D eigenvalue weighted by Gasteiger charge is 2.15. The summed E-state index contributed by atoms with van der Waals surface area (Å²) in [5.41, 5.74) is 7.64. The van der Waals surface area contributed by atoms with Gasteiger partial charge in [0.2, 0.25) is 0 Å². The Bertz CT molecular complexity index is 417. The number of pyridine rings is 1. The van der Waals surface area contributed by atoms with Gasteiger partial charge in [-0.1, -0.05) is 19.8 Å². The molecule has 2 N–H and O–H groups in total. The molecular formula is C14H23N3O2. The summed E-state index contributed by atoms with van der Waals surface area (Å²) in [4.78, 5) is 2.23. The summed E-state index contributed by atoms with van der Waals surface area (Å²) in [7, 11) is 0. The molecular weight excluding hydrogens is 242 g/mol. The zero-order chi connectivity index (χ0) is 13.7. The fourth-order valence-corrected chi connectivity index (χ4v) is 2.38. The average molecular weight is 265 g/mol. The van der Waals surface area contributed by atoms with Crippen molar-refractivity contribution in [2.75, 3.05) is 36.9 Å². The minimum absolute atomic E-state index is 0.287. The standard InChI is InChI=1S/C14H23N3O2/c1-2-3-4-5-12-10-13(11-14(15)17(12)18)16-6-8-19-9-7-16/h10-11H,2-9,15H2,1H3. The maximum atomic E-state index is 11.9. The number of morpholine rings is 1. The van der Waals surface area contributed by atoms with Gasteiger partial charge in [0, 0.05) is 31.3 Å². The first-order chi connectivity index (χ1) is 9.22. The van der Waals surface area contributed by atoms with Crippen molar-refractivity contribution in [3.63, 3.8) is 0 Å². The maximum absolute atomic E-state index is 11.9. The highest BCUT2D eigenvalue weighted by Crippen LogP contribution is 2.19. The van der Waals surface area contributed by atoms with Gasteiger partial charge in [0.25, 0.3) is 5.82 Å². The summed E-state index contributed by atoms with van der Waals surface area (Å²) in [6.07, 6.45) is 4.11. The van der Waals surface area contributed by atoms with Crippen LogP contribution in [0.4, 0.5) is 11.5 Å². The molecule has 1 saturated heterocycles. The van der Waals surface area contributed by atoms with Crippen LogP contribution in [0.3, 0.4) is 0 Å². The van der Waals surface area contributed by atoms with Gasteiger partial charge in [-0.05, 0) is 6.42 Å². The van der Waals surface area contributed by atoms with Gasteiger partial charge in [-0.15, -0.1) is 0 Å². The summed E-state index contributed by atoms with van der Waals surface area (Å²) >= 11 is 0. The second kappa shape index (κ2) is 6.61. The number of nitrogens with zero attached hydrogens (tertiary/aromatic N) is 2. The molecule has 1 aliphatic heterocycles. The number of hydrogen-bond acceptors (Lipinski definition) is 4. The number of ether oxygens (including phenoxy) is 1. The highest BCUT2D eigenvalue weighted by molar-refractivity contribution is 5.51. The third-order valence-corrected chi connectivity index (χ3v) is 3.52. The van der Waals surface area contributed by atoms with Crippen molar-refractivity contribution in [3.8, 4) is 0 Å². The van der Waals surface area contributed by atoms with E-state index < -0.39 is 0 Å². The maximum Gasteiger partial charge on any atom is 0.277 e. The molecule has 0 saturated carbocycles. The summed E-state index contributed by atoms with van der Waals surface area (Å²) in [6, 6.07) is 3.74. The zero-order valence-electron chi connectivity index (χ0n) is 11.6. The summed E-state index contributed by atoms with van der Waals surface area (Å²) < 4.78 is 6.21. The molecule has 1 aromatic heterocycles. The number of unbranched alkanes of at least 4 members (excludes halogenated alkanes) is 2. The Morgan fingerprint density at radius 2 is 2.05 bits per heavy atom. The smallest absolute Gasteiger partial charge is 0.277 e. The molecule has 0 aliphatic carbocycles. The van der Waals surface area contributed by atoms with Gasteiger partial charge >= 0.3 is 0 Å². The molecule has 0 atom stereocenters.